The maximum Gasteiger partial charge on any atom is 1.00 e. The Bertz CT molecular complexity index is 1530. The molecule has 0 bridgehead atoms. The molecule has 58 heavy (non-hydrogen) atoms. The summed E-state index contributed by atoms with van der Waals surface area (Å²) in [6.45, 7) is 9.76. The second-order valence-corrected chi connectivity index (χ2v) is 19.6. The molecule has 0 aromatic rings. The van der Waals surface area contributed by atoms with Crippen LogP contribution >= 0.6 is 0 Å². The fourth-order valence-electron chi connectivity index (χ4n) is 12.1. The Labute approximate surface area is 363 Å². The molecule has 2 heterocycles. The van der Waals surface area contributed by atoms with E-state index >= 15 is 0 Å². The zero-order valence-electron chi connectivity index (χ0n) is 34.6. The standard InChI is InChI=1S/C39H66O17S.Na/c1-18(20(3)15-52-35-33(31(46)25(43)16-53-35)55-36-32(51-6)30(45)24(42)17-54-36)7-8-19(2)21-13-23(41)34-37(21,4)12-10-27-38(5)11-9-22(40)29(44)28(38)26(14-39(27,34)47)56-57(48,49)50;/h7-8,18-36,40-47H,9-17H2,1-6H3,(H,48,49,50);/q;+1/p-1/b8-7+;/t18?,19-,20?,21-,22+,23-,24?,25?,26+,27?,28?,29+,30?,31?,32?,33?,34?,35?,36?,37-,38-,39+;/m1./s1. The van der Waals surface area contributed by atoms with Crippen molar-refractivity contribution in [3.8, 4) is 0 Å². The minimum absolute atomic E-state index is 0. The van der Waals surface area contributed by atoms with Crippen LogP contribution < -0.4 is 29.6 Å². The monoisotopic (exact) mass is 860 g/mol. The number of aliphatic hydroxyl groups is 8. The van der Waals surface area contributed by atoms with Crippen molar-refractivity contribution < 1.29 is 111 Å². The van der Waals surface area contributed by atoms with E-state index in [1.54, 1.807) is 0 Å². The van der Waals surface area contributed by atoms with Gasteiger partial charge in [0.2, 0.25) is 10.4 Å². The summed E-state index contributed by atoms with van der Waals surface area (Å²) >= 11 is 0. The van der Waals surface area contributed by atoms with Crippen molar-refractivity contribution >= 4 is 10.4 Å². The Morgan fingerprint density at radius 2 is 1.43 bits per heavy atom. The van der Waals surface area contributed by atoms with Crippen LogP contribution in [0, 0.1) is 52.3 Å². The van der Waals surface area contributed by atoms with E-state index in [9.17, 15) is 53.8 Å². The van der Waals surface area contributed by atoms with E-state index in [1.165, 1.54) is 7.11 Å². The third-order valence-electron chi connectivity index (χ3n) is 15.2. The van der Waals surface area contributed by atoms with Crippen molar-refractivity contribution in [2.45, 2.75) is 152 Å². The molecule has 19 heteroatoms. The molecule has 6 fully saturated rings. The van der Waals surface area contributed by atoms with Gasteiger partial charge in [-0.3, -0.25) is 4.18 Å². The molecule has 0 aromatic carbocycles. The van der Waals surface area contributed by atoms with Gasteiger partial charge >= 0.3 is 29.6 Å². The molecular weight excluding hydrogens is 795 g/mol. The van der Waals surface area contributed by atoms with Gasteiger partial charge in [0.05, 0.1) is 49.8 Å². The van der Waals surface area contributed by atoms with Gasteiger partial charge in [-0.25, -0.2) is 8.42 Å². The molecule has 330 valence electrons. The van der Waals surface area contributed by atoms with Gasteiger partial charge in [0.25, 0.3) is 0 Å². The number of hydrogen-bond donors (Lipinski definition) is 8. The zero-order valence-corrected chi connectivity index (χ0v) is 37.5. The second-order valence-electron chi connectivity index (χ2n) is 18.6. The second kappa shape index (κ2) is 18.7. The SMILES string of the molecule is COC1C(OC2C(OCC(C)C(C)/C=C/[C@@H](C)[C@H]3C[C@@H](O)C4[C@]5(O)C[C@H](OS(=O)(=O)[O-])C6[C@@H](O)[C@@H](O)CC[C@]6(C)C5CC[C@@]43C)OCC(O)C2O)OCC(O)C1O.[Na+]. The number of allylic oxidation sites excluding steroid dienone is 2. The largest absolute Gasteiger partial charge is 1.00 e. The van der Waals surface area contributed by atoms with Crippen molar-refractivity contribution in [1.82, 2.24) is 0 Å². The van der Waals surface area contributed by atoms with Crippen molar-refractivity contribution in [2.75, 3.05) is 26.9 Å². The Hall–Kier alpha value is 0.0900. The first-order valence-corrected chi connectivity index (χ1v) is 21.7. The first-order chi connectivity index (χ1) is 26.6. The van der Waals surface area contributed by atoms with Crippen molar-refractivity contribution in [2.24, 2.45) is 52.3 Å². The molecule has 4 saturated carbocycles. The third kappa shape index (κ3) is 9.19. The van der Waals surface area contributed by atoms with Gasteiger partial charge in [-0.2, -0.15) is 0 Å². The van der Waals surface area contributed by atoms with E-state index in [-0.39, 0.29) is 85.9 Å². The van der Waals surface area contributed by atoms with Crippen LogP contribution in [0.4, 0.5) is 0 Å². The molecule has 17 nitrogen and oxygen atoms in total. The summed E-state index contributed by atoms with van der Waals surface area (Å²) in [5.74, 6) is -2.21. The van der Waals surface area contributed by atoms with E-state index in [0.29, 0.717) is 25.7 Å². The topological polar surface area (TPSA) is 274 Å². The predicted molar refractivity (Wildman–Crippen MR) is 197 cm³/mol. The van der Waals surface area contributed by atoms with Crippen LogP contribution in [0.5, 0.6) is 0 Å². The molecule has 2 aliphatic heterocycles. The summed E-state index contributed by atoms with van der Waals surface area (Å²) in [5, 5.41) is 87.8. The smallest absolute Gasteiger partial charge is 0.726 e. The van der Waals surface area contributed by atoms with Crippen LogP contribution in [0.25, 0.3) is 0 Å². The number of fused-ring (bicyclic) bond motifs is 5. The molecule has 0 spiro atoms. The van der Waals surface area contributed by atoms with Crippen LogP contribution in [0.3, 0.4) is 0 Å². The van der Waals surface area contributed by atoms with Gasteiger partial charge in [0, 0.05) is 25.4 Å². The summed E-state index contributed by atoms with van der Waals surface area (Å²) in [6.07, 6.45) is -8.38. The Kier molecular flexibility index (Phi) is 15.8. The Morgan fingerprint density at radius 3 is 2.05 bits per heavy atom. The van der Waals surface area contributed by atoms with E-state index < -0.39 is 118 Å². The molecule has 2 saturated heterocycles. The van der Waals surface area contributed by atoms with Crippen LogP contribution in [0.15, 0.2) is 12.2 Å². The normalized spacial score (nSPS) is 49.9. The maximum atomic E-state index is 12.8. The fraction of sp³-hybridized carbons (Fsp3) is 0.949. The van der Waals surface area contributed by atoms with E-state index in [1.807, 2.05) is 20.8 Å². The molecular formula is C39H65NaO17S. The summed E-state index contributed by atoms with van der Waals surface area (Å²) < 4.78 is 69.5. The minimum Gasteiger partial charge on any atom is -0.726 e. The molecule has 22 atom stereocenters. The van der Waals surface area contributed by atoms with Gasteiger partial charge < -0.3 is 69.1 Å². The van der Waals surface area contributed by atoms with Gasteiger partial charge in [0.15, 0.2) is 12.6 Å². The molecule has 13 unspecified atom stereocenters. The van der Waals surface area contributed by atoms with E-state index in [2.05, 4.69) is 26.0 Å². The van der Waals surface area contributed by atoms with Crippen molar-refractivity contribution in [3.05, 3.63) is 12.2 Å². The average molecular weight is 861 g/mol. The van der Waals surface area contributed by atoms with Crippen molar-refractivity contribution in [3.63, 3.8) is 0 Å². The van der Waals surface area contributed by atoms with Crippen LogP contribution in [-0.4, -0.2) is 160 Å². The summed E-state index contributed by atoms with van der Waals surface area (Å²) in [4.78, 5) is 0. The van der Waals surface area contributed by atoms with E-state index in [0.717, 1.165) is 0 Å². The van der Waals surface area contributed by atoms with Gasteiger partial charge in [-0.1, -0.05) is 46.8 Å². The number of methoxy groups -OCH3 is 1. The number of hydrogen-bond acceptors (Lipinski definition) is 17. The molecule has 6 aliphatic rings. The van der Waals surface area contributed by atoms with Crippen LogP contribution in [0.1, 0.15) is 73.1 Å². The Balaban J connectivity index is 0.00000641. The molecule has 6 rings (SSSR count). The number of rotatable bonds is 12. The maximum absolute atomic E-state index is 12.8. The first-order valence-electron chi connectivity index (χ1n) is 20.4. The predicted octanol–water partition coefficient (Wildman–Crippen LogP) is -3.44. The molecule has 0 radical (unpaired) electrons. The fourth-order valence-corrected chi connectivity index (χ4v) is 12.6. The minimum atomic E-state index is -5.23. The number of ether oxygens (including phenoxy) is 5. The van der Waals surface area contributed by atoms with Gasteiger partial charge in [-0.05, 0) is 72.5 Å². The first kappa shape index (κ1) is 49.1. The summed E-state index contributed by atoms with van der Waals surface area (Å²) in [6, 6.07) is 0. The summed E-state index contributed by atoms with van der Waals surface area (Å²) in [7, 11) is -3.91. The van der Waals surface area contributed by atoms with Crippen molar-refractivity contribution in [1.29, 1.82) is 0 Å². The van der Waals surface area contributed by atoms with Crippen LogP contribution in [0.2, 0.25) is 0 Å². The quantitative estimate of drug-likeness (QED) is 0.0410. The van der Waals surface area contributed by atoms with Gasteiger partial charge in [-0.15, -0.1) is 0 Å². The third-order valence-corrected chi connectivity index (χ3v) is 15.7. The summed E-state index contributed by atoms with van der Waals surface area (Å²) in [5.41, 5.74) is -3.04. The zero-order chi connectivity index (χ0) is 42.0. The van der Waals surface area contributed by atoms with E-state index in [4.69, 9.17) is 27.9 Å². The average Bonchev–Trinajstić information content (AvgIpc) is 3.41. The Morgan fingerprint density at radius 1 is 0.828 bits per heavy atom. The molecule has 4 aliphatic carbocycles. The molecule has 0 aromatic heterocycles. The number of aliphatic hydroxyl groups excluding tert-OH is 7. The van der Waals surface area contributed by atoms with Crippen LogP contribution in [-0.2, 0) is 38.3 Å². The van der Waals surface area contributed by atoms with Gasteiger partial charge in [0.1, 0.15) is 36.6 Å². The molecule has 0 amide bonds. The molecule has 8 N–H and O–H groups in total.